The first-order chi connectivity index (χ1) is 5.74. The molecular formula is C8H13N3S. The molecule has 0 atom stereocenters. The zero-order chi connectivity index (χ0) is 8.97. The average Bonchev–Trinajstić information content (AvgIpc) is 2.51. The third-order valence-corrected chi connectivity index (χ3v) is 2.14. The van der Waals surface area contributed by atoms with Crippen molar-refractivity contribution in [2.45, 2.75) is 13.3 Å². The van der Waals surface area contributed by atoms with E-state index < -0.39 is 0 Å². The lowest BCUT2D eigenvalue weighted by Gasteiger charge is -2.12. The second-order valence-corrected chi connectivity index (χ2v) is 3.46. The fourth-order valence-electron chi connectivity index (χ4n) is 0.877. The molecule has 0 saturated heterocycles. The highest BCUT2D eigenvalue weighted by molar-refractivity contribution is 7.13. The SMILES string of the molecule is CCC(=Nc1nccs1)N(C)C. The van der Waals surface area contributed by atoms with Crippen molar-refractivity contribution in [1.82, 2.24) is 9.88 Å². The molecule has 0 amide bonds. The number of aromatic nitrogens is 1. The minimum absolute atomic E-state index is 0.834. The molecule has 0 saturated carbocycles. The van der Waals surface area contributed by atoms with Gasteiger partial charge in [-0.05, 0) is 0 Å². The number of nitrogens with zero attached hydrogens (tertiary/aromatic N) is 3. The molecule has 1 aromatic rings. The van der Waals surface area contributed by atoms with Gasteiger partial charge in [-0.1, -0.05) is 6.92 Å². The number of rotatable bonds is 2. The van der Waals surface area contributed by atoms with Gasteiger partial charge in [-0.3, -0.25) is 0 Å². The van der Waals surface area contributed by atoms with Crippen molar-refractivity contribution in [3.63, 3.8) is 0 Å². The van der Waals surface area contributed by atoms with Gasteiger partial charge in [0.2, 0.25) is 5.13 Å². The Bertz CT molecular complexity index is 251. The Labute approximate surface area is 76.8 Å². The van der Waals surface area contributed by atoms with Crippen molar-refractivity contribution < 1.29 is 0 Å². The van der Waals surface area contributed by atoms with Gasteiger partial charge in [0.1, 0.15) is 5.84 Å². The maximum atomic E-state index is 4.39. The Kier molecular flexibility index (Phi) is 3.22. The molecule has 0 aromatic carbocycles. The normalized spacial score (nSPS) is 11.8. The third kappa shape index (κ3) is 2.30. The summed E-state index contributed by atoms with van der Waals surface area (Å²) in [4.78, 5) is 10.5. The van der Waals surface area contributed by atoms with Crippen LogP contribution in [0.15, 0.2) is 16.6 Å². The lowest BCUT2D eigenvalue weighted by molar-refractivity contribution is 0.608. The molecule has 0 aliphatic carbocycles. The van der Waals surface area contributed by atoms with Crippen LogP contribution in [0.25, 0.3) is 0 Å². The van der Waals surface area contributed by atoms with Crippen LogP contribution in [0.5, 0.6) is 0 Å². The fourth-order valence-corrected chi connectivity index (χ4v) is 1.40. The second kappa shape index (κ2) is 4.21. The van der Waals surface area contributed by atoms with Crippen molar-refractivity contribution in [2.75, 3.05) is 14.1 Å². The van der Waals surface area contributed by atoms with Gasteiger partial charge in [-0.2, -0.15) is 0 Å². The molecule has 66 valence electrons. The first-order valence-corrected chi connectivity index (χ1v) is 4.76. The highest BCUT2D eigenvalue weighted by atomic mass is 32.1. The molecule has 0 aliphatic rings. The molecule has 1 aromatic heterocycles. The maximum Gasteiger partial charge on any atom is 0.210 e. The van der Waals surface area contributed by atoms with Crippen molar-refractivity contribution in [2.24, 2.45) is 4.99 Å². The highest BCUT2D eigenvalue weighted by Crippen LogP contribution is 2.15. The molecular weight excluding hydrogens is 170 g/mol. The molecule has 0 bridgehead atoms. The Balaban J connectivity index is 2.78. The van der Waals surface area contributed by atoms with Crippen LogP contribution in [0.4, 0.5) is 5.13 Å². The van der Waals surface area contributed by atoms with Gasteiger partial charge in [0.15, 0.2) is 0 Å². The van der Waals surface area contributed by atoms with Gasteiger partial charge in [0.05, 0.1) is 0 Å². The van der Waals surface area contributed by atoms with Crippen LogP contribution in [0.2, 0.25) is 0 Å². The van der Waals surface area contributed by atoms with E-state index in [1.807, 2.05) is 24.4 Å². The summed E-state index contributed by atoms with van der Waals surface area (Å²) in [6, 6.07) is 0. The molecule has 4 heteroatoms. The summed E-state index contributed by atoms with van der Waals surface area (Å²) in [7, 11) is 3.99. The summed E-state index contributed by atoms with van der Waals surface area (Å²) in [6.07, 6.45) is 2.71. The van der Waals surface area contributed by atoms with Gasteiger partial charge < -0.3 is 4.90 Å². The van der Waals surface area contributed by atoms with E-state index in [9.17, 15) is 0 Å². The Morgan fingerprint density at radius 3 is 2.83 bits per heavy atom. The average molecular weight is 183 g/mol. The van der Waals surface area contributed by atoms with Crippen LogP contribution in [-0.2, 0) is 0 Å². The van der Waals surface area contributed by atoms with E-state index in [0.29, 0.717) is 0 Å². The van der Waals surface area contributed by atoms with Crippen molar-refractivity contribution in [1.29, 1.82) is 0 Å². The van der Waals surface area contributed by atoms with Gasteiger partial charge in [-0.25, -0.2) is 9.98 Å². The molecule has 0 spiro atoms. The zero-order valence-corrected chi connectivity index (χ0v) is 8.43. The number of hydrogen-bond donors (Lipinski definition) is 0. The molecule has 0 aliphatic heterocycles. The van der Waals surface area contributed by atoms with E-state index in [0.717, 1.165) is 17.4 Å². The molecule has 3 nitrogen and oxygen atoms in total. The first-order valence-electron chi connectivity index (χ1n) is 3.88. The van der Waals surface area contributed by atoms with E-state index in [1.54, 1.807) is 17.5 Å². The third-order valence-electron chi connectivity index (χ3n) is 1.48. The van der Waals surface area contributed by atoms with Crippen LogP contribution in [0.1, 0.15) is 13.3 Å². The monoisotopic (exact) mass is 183 g/mol. The summed E-state index contributed by atoms with van der Waals surface area (Å²) in [5.74, 6) is 1.06. The summed E-state index contributed by atoms with van der Waals surface area (Å²) >= 11 is 1.56. The quantitative estimate of drug-likeness (QED) is 0.519. The Morgan fingerprint density at radius 1 is 1.67 bits per heavy atom. The maximum absolute atomic E-state index is 4.39. The van der Waals surface area contributed by atoms with Gasteiger partial charge in [0, 0.05) is 32.1 Å². The summed E-state index contributed by atoms with van der Waals surface area (Å²) in [5.41, 5.74) is 0. The van der Waals surface area contributed by atoms with Gasteiger partial charge in [-0.15, -0.1) is 11.3 Å². The topological polar surface area (TPSA) is 28.5 Å². The Morgan fingerprint density at radius 2 is 2.42 bits per heavy atom. The van der Waals surface area contributed by atoms with Crippen molar-refractivity contribution in [3.05, 3.63) is 11.6 Å². The van der Waals surface area contributed by atoms with E-state index in [2.05, 4.69) is 16.9 Å². The molecule has 0 fully saturated rings. The van der Waals surface area contributed by atoms with Crippen LogP contribution in [0, 0.1) is 0 Å². The van der Waals surface area contributed by atoms with Crippen LogP contribution >= 0.6 is 11.3 Å². The van der Waals surface area contributed by atoms with E-state index in [-0.39, 0.29) is 0 Å². The second-order valence-electron chi connectivity index (χ2n) is 2.59. The smallest absolute Gasteiger partial charge is 0.210 e. The number of amidine groups is 1. The highest BCUT2D eigenvalue weighted by Gasteiger charge is 1.99. The number of hydrogen-bond acceptors (Lipinski definition) is 3. The Hall–Kier alpha value is -0.900. The minimum Gasteiger partial charge on any atom is -0.366 e. The predicted molar refractivity (Wildman–Crippen MR) is 53.2 cm³/mol. The standard InChI is InChI=1S/C8H13N3S/c1-4-7(11(2)3)10-8-9-5-6-12-8/h5-6H,4H2,1-3H3. The van der Waals surface area contributed by atoms with E-state index in [4.69, 9.17) is 0 Å². The summed E-state index contributed by atoms with van der Waals surface area (Å²) in [5, 5.41) is 2.77. The van der Waals surface area contributed by atoms with Crippen LogP contribution in [-0.4, -0.2) is 29.8 Å². The van der Waals surface area contributed by atoms with Gasteiger partial charge >= 0.3 is 0 Å². The first kappa shape index (κ1) is 9.19. The predicted octanol–water partition coefficient (Wildman–Crippen LogP) is 2.14. The molecule has 1 heterocycles. The molecule has 0 N–H and O–H groups in total. The summed E-state index contributed by atoms with van der Waals surface area (Å²) < 4.78 is 0. The van der Waals surface area contributed by atoms with Crippen LogP contribution < -0.4 is 0 Å². The molecule has 1 rings (SSSR count). The van der Waals surface area contributed by atoms with E-state index in [1.165, 1.54) is 0 Å². The molecule has 0 unspecified atom stereocenters. The van der Waals surface area contributed by atoms with Crippen molar-refractivity contribution in [3.8, 4) is 0 Å². The van der Waals surface area contributed by atoms with Gasteiger partial charge in [0.25, 0.3) is 0 Å². The summed E-state index contributed by atoms with van der Waals surface area (Å²) in [6.45, 7) is 2.09. The largest absolute Gasteiger partial charge is 0.366 e. The number of thiazole rings is 1. The number of aliphatic imine (C=N–C) groups is 1. The minimum atomic E-state index is 0.834. The van der Waals surface area contributed by atoms with Crippen molar-refractivity contribution >= 4 is 22.3 Å². The lowest BCUT2D eigenvalue weighted by atomic mass is 10.4. The van der Waals surface area contributed by atoms with E-state index >= 15 is 0 Å². The molecule has 12 heavy (non-hydrogen) atoms. The fraction of sp³-hybridized carbons (Fsp3) is 0.500. The molecule has 0 radical (unpaired) electrons. The zero-order valence-electron chi connectivity index (χ0n) is 7.61. The van der Waals surface area contributed by atoms with Crippen LogP contribution in [0.3, 0.4) is 0 Å². The lowest BCUT2D eigenvalue weighted by Crippen LogP contribution is -2.20.